The Morgan fingerprint density at radius 3 is 2.39 bits per heavy atom. The van der Waals surface area contributed by atoms with Crippen LogP contribution in [-0.4, -0.2) is 68.2 Å². The molecule has 0 radical (unpaired) electrons. The van der Waals surface area contributed by atoms with Crippen molar-refractivity contribution < 1.29 is 22.4 Å². The van der Waals surface area contributed by atoms with Crippen molar-refractivity contribution in [1.82, 2.24) is 14.5 Å². The number of carbonyl (C=O) groups is 2. The van der Waals surface area contributed by atoms with Crippen molar-refractivity contribution in [3.05, 3.63) is 47.9 Å². The first-order valence-electron chi connectivity index (χ1n) is 11.3. The molecule has 178 valence electrons. The predicted molar refractivity (Wildman–Crippen MR) is 123 cm³/mol. The number of furan rings is 1. The SMILES string of the molecule is Cc1oc(C(=O)NC2CCN(CC(=O)Nc3ccccc3)CC2)cc1S(=O)(=O)N1CCCC1. The minimum atomic E-state index is -3.64. The number of hydrogen-bond donors (Lipinski definition) is 2. The number of anilines is 1. The lowest BCUT2D eigenvalue weighted by molar-refractivity contribution is -0.117. The van der Waals surface area contributed by atoms with Crippen molar-refractivity contribution in [3.63, 3.8) is 0 Å². The molecule has 3 heterocycles. The maximum Gasteiger partial charge on any atom is 0.287 e. The fraction of sp³-hybridized carbons (Fsp3) is 0.478. The molecule has 0 saturated carbocycles. The van der Waals surface area contributed by atoms with Crippen LogP contribution in [0.1, 0.15) is 42.0 Å². The Morgan fingerprint density at radius 1 is 1.06 bits per heavy atom. The molecular weight excluding hydrogens is 444 g/mol. The van der Waals surface area contributed by atoms with Gasteiger partial charge in [0.1, 0.15) is 10.7 Å². The summed E-state index contributed by atoms with van der Waals surface area (Å²) in [6, 6.07) is 10.6. The fourth-order valence-corrected chi connectivity index (χ4v) is 6.00. The van der Waals surface area contributed by atoms with Gasteiger partial charge in [0, 0.05) is 44.0 Å². The van der Waals surface area contributed by atoms with E-state index in [0.717, 1.165) is 18.5 Å². The largest absolute Gasteiger partial charge is 0.455 e. The van der Waals surface area contributed by atoms with Crippen LogP contribution in [0.5, 0.6) is 0 Å². The third-order valence-corrected chi connectivity index (χ3v) is 8.13. The summed E-state index contributed by atoms with van der Waals surface area (Å²) in [4.78, 5) is 27.1. The second kappa shape index (κ2) is 10.1. The van der Waals surface area contributed by atoms with E-state index in [2.05, 4.69) is 15.5 Å². The van der Waals surface area contributed by atoms with Crippen LogP contribution in [0, 0.1) is 6.92 Å². The summed E-state index contributed by atoms with van der Waals surface area (Å²) in [6.07, 6.45) is 3.08. The first kappa shape index (κ1) is 23.5. The maximum atomic E-state index is 12.8. The van der Waals surface area contributed by atoms with Crippen LogP contribution in [0.15, 0.2) is 45.7 Å². The Morgan fingerprint density at radius 2 is 1.73 bits per heavy atom. The average molecular weight is 475 g/mol. The Hall–Kier alpha value is -2.69. The van der Waals surface area contributed by atoms with Gasteiger partial charge in [-0.05, 0) is 44.7 Å². The van der Waals surface area contributed by atoms with E-state index in [4.69, 9.17) is 4.42 Å². The van der Waals surface area contributed by atoms with Crippen LogP contribution in [0.3, 0.4) is 0 Å². The van der Waals surface area contributed by atoms with Gasteiger partial charge in [-0.3, -0.25) is 14.5 Å². The molecule has 2 aliphatic heterocycles. The molecule has 2 saturated heterocycles. The summed E-state index contributed by atoms with van der Waals surface area (Å²) >= 11 is 0. The highest BCUT2D eigenvalue weighted by molar-refractivity contribution is 7.89. The van der Waals surface area contributed by atoms with Gasteiger partial charge in [0.2, 0.25) is 15.9 Å². The topological polar surface area (TPSA) is 112 Å². The van der Waals surface area contributed by atoms with Crippen molar-refractivity contribution in [2.75, 3.05) is 38.0 Å². The Bertz CT molecular complexity index is 1090. The monoisotopic (exact) mass is 474 g/mol. The predicted octanol–water partition coefficient (Wildman–Crippen LogP) is 2.21. The molecule has 2 aliphatic rings. The quantitative estimate of drug-likeness (QED) is 0.636. The number of nitrogens with one attached hydrogen (secondary N) is 2. The zero-order valence-electron chi connectivity index (χ0n) is 18.7. The molecule has 0 atom stereocenters. The van der Waals surface area contributed by atoms with Gasteiger partial charge in [0.25, 0.3) is 5.91 Å². The molecule has 0 bridgehead atoms. The molecule has 1 aromatic heterocycles. The molecule has 0 unspecified atom stereocenters. The summed E-state index contributed by atoms with van der Waals surface area (Å²) in [5.41, 5.74) is 0.768. The molecule has 2 amide bonds. The first-order chi connectivity index (χ1) is 15.8. The van der Waals surface area contributed by atoms with Crippen molar-refractivity contribution in [2.45, 2.75) is 43.5 Å². The minimum Gasteiger partial charge on any atom is -0.455 e. The average Bonchev–Trinajstić information content (AvgIpc) is 3.46. The second-order valence-electron chi connectivity index (χ2n) is 8.58. The highest BCUT2D eigenvalue weighted by Gasteiger charge is 2.32. The van der Waals surface area contributed by atoms with Gasteiger partial charge in [-0.15, -0.1) is 0 Å². The molecule has 9 nitrogen and oxygen atoms in total. The Labute approximate surface area is 194 Å². The molecule has 2 N–H and O–H groups in total. The fourth-order valence-electron chi connectivity index (χ4n) is 4.32. The number of sulfonamides is 1. The Kier molecular flexibility index (Phi) is 7.16. The molecule has 2 fully saturated rings. The van der Waals surface area contributed by atoms with E-state index in [1.54, 1.807) is 6.92 Å². The summed E-state index contributed by atoms with van der Waals surface area (Å²) in [5, 5.41) is 5.82. The van der Waals surface area contributed by atoms with Gasteiger partial charge in [0.15, 0.2) is 5.76 Å². The van der Waals surface area contributed by atoms with E-state index < -0.39 is 15.9 Å². The van der Waals surface area contributed by atoms with E-state index in [-0.39, 0.29) is 28.4 Å². The lowest BCUT2D eigenvalue weighted by Crippen LogP contribution is -2.46. The summed E-state index contributed by atoms with van der Waals surface area (Å²) < 4.78 is 32.6. The molecular formula is C23H30N4O5S. The van der Waals surface area contributed by atoms with Crippen LogP contribution in [-0.2, 0) is 14.8 Å². The van der Waals surface area contributed by atoms with Gasteiger partial charge in [0.05, 0.1) is 6.54 Å². The molecule has 2 aromatic rings. The molecule has 0 spiro atoms. The highest BCUT2D eigenvalue weighted by atomic mass is 32.2. The second-order valence-corrected chi connectivity index (χ2v) is 10.5. The number of amides is 2. The summed E-state index contributed by atoms with van der Waals surface area (Å²) in [7, 11) is -3.64. The molecule has 1 aromatic carbocycles. The maximum absolute atomic E-state index is 12.8. The number of piperidine rings is 1. The van der Waals surface area contributed by atoms with Crippen LogP contribution in [0.2, 0.25) is 0 Å². The number of hydrogen-bond acceptors (Lipinski definition) is 6. The van der Waals surface area contributed by atoms with Crippen molar-refractivity contribution in [2.24, 2.45) is 0 Å². The van der Waals surface area contributed by atoms with Gasteiger partial charge >= 0.3 is 0 Å². The van der Waals surface area contributed by atoms with Gasteiger partial charge in [-0.2, -0.15) is 4.31 Å². The third kappa shape index (κ3) is 5.63. The van der Waals surface area contributed by atoms with Gasteiger partial charge in [-0.25, -0.2) is 8.42 Å². The zero-order chi connectivity index (χ0) is 23.4. The number of rotatable bonds is 7. The third-order valence-electron chi connectivity index (χ3n) is 6.13. The number of carbonyl (C=O) groups excluding carboxylic acids is 2. The highest BCUT2D eigenvalue weighted by Crippen LogP contribution is 2.26. The van der Waals surface area contributed by atoms with Crippen molar-refractivity contribution >= 4 is 27.5 Å². The van der Waals surface area contributed by atoms with Gasteiger partial charge in [-0.1, -0.05) is 18.2 Å². The zero-order valence-corrected chi connectivity index (χ0v) is 19.6. The van der Waals surface area contributed by atoms with E-state index in [9.17, 15) is 18.0 Å². The summed E-state index contributed by atoms with van der Waals surface area (Å²) in [5.74, 6) is -0.246. The first-order valence-corrected chi connectivity index (χ1v) is 12.8. The van der Waals surface area contributed by atoms with E-state index >= 15 is 0 Å². The number of aryl methyl sites for hydroxylation is 1. The molecule has 33 heavy (non-hydrogen) atoms. The number of likely N-dealkylation sites (tertiary alicyclic amines) is 1. The van der Waals surface area contributed by atoms with Gasteiger partial charge < -0.3 is 15.1 Å². The van der Waals surface area contributed by atoms with Crippen molar-refractivity contribution in [1.29, 1.82) is 0 Å². The van der Waals surface area contributed by atoms with E-state index in [0.29, 0.717) is 45.6 Å². The molecule has 4 rings (SSSR count). The molecule has 0 aliphatic carbocycles. The van der Waals surface area contributed by atoms with Crippen LogP contribution in [0.4, 0.5) is 5.69 Å². The van der Waals surface area contributed by atoms with Crippen LogP contribution in [0.25, 0.3) is 0 Å². The number of nitrogens with zero attached hydrogens (tertiary/aromatic N) is 2. The standard InChI is InChI=1S/C23H30N4O5S/c1-17-21(33(30,31)27-11-5-6-12-27)15-20(32-17)23(29)25-19-9-13-26(14-10-19)16-22(28)24-18-7-3-2-4-8-18/h2-4,7-8,15,19H,5-6,9-14,16H2,1H3,(H,24,28)(H,25,29). The van der Waals surface area contributed by atoms with Crippen LogP contribution >= 0.6 is 0 Å². The smallest absolute Gasteiger partial charge is 0.287 e. The number of para-hydroxylation sites is 1. The lowest BCUT2D eigenvalue weighted by atomic mass is 10.0. The lowest BCUT2D eigenvalue weighted by Gasteiger charge is -2.31. The number of benzene rings is 1. The Balaban J connectivity index is 1.27. The minimum absolute atomic E-state index is 0.00920. The summed E-state index contributed by atoms with van der Waals surface area (Å²) in [6.45, 7) is 4.22. The van der Waals surface area contributed by atoms with Crippen LogP contribution < -0.4 is 10.6 Å². The van der Waals surface area contributed by atoms with E-state index in [1.165, 1.54) is 10.4 Å². The normalized spacial score (nSPS) is 18.3. The molecule has 10 heteroatoms. The van der Waals surface area contributed by atoms with Crippen molar-refractivity contribution in [3.8, 4) is 0 Å². The van der Waals surface area contributed by atoms with E-state index in [1.807, 2.05) is 30.3 Å².